The quantitative estimate of drug-likeness (QED) is 0.198. The van der Waals surface area contributed by atoms with Gasteiger partial charge in [0.05, 0.1) is 41.1 Å². The molecule has 0 bridgehead atoms. The Morgan fingerprint density at radius 1 is 0.786 bits per heavy atom. The molecule has 3 aromatic carbocycles. The van der Waals surface area contributed by atoms with Gasteiger partial charge in [-0.3, -0.25) is 19.2 Å². The first kappa shape index (κ1) is 39.9. The van der Waals surface area contributed by atoms with E-state index in [1.54, 1.807) is 65.3 Å². The Balaban J connectivity index is 1.20. The van der Waals surface area contributed by atoms with Crippen molar-refractivity contribution in [1.29, 1.82) is 0 Å². The molecule has 0 radical (unpaired) electrons. The number of hydrogen-bond acceptors (Lipinski definition) is 13. The van der Waals surface area contributed by atoms with E-state index in [1.807, 2.05) is 11.0 Å². The fourth-order valence-corrected chi connectivity index (χ4v) is 7.74. The number of likely N-dealkylation sites (tertiary alicyclic amines) is 1. The molecule has 56 heavy (non-hydrogen) atoms. The first-order valence-electron chi connectivity index (χ1n) is 18.2. The Morgan fingerprint density at radius 2 is 1.43 bits per heavy atom. The summed E-state index contributed by atoms with van der Waals surface area (Å²) < 4.78 is 27.4. The fraction of sp³-hybridized carbons (Fsp3) is 0.400. The van der Waals surface area contributed by atoms with Crippen LogP contribution in [0.4, 0.5) is 11.8 Å². The number of nitrogens with one attached hydrogen (secondary N) is 1. The lowest BCUT2D eigenvalue weighted by Crippen LogP contribution is -2.49. The third-order valence-corrected chi connectivity index (χ3v) is 11.1. The number of amides is 3. The molecule has 2 atom stereocenters. The van der Waals surface area contributed by atoms with E-state index < -0.39 is 12.0 Å². The topological polar surface area (TPSA) is 162 Å². The second-order valence-electron chi connectivity index (χ2n) is 13.3. The standard InChI is InChI=1S/C40H46N6O9S/c1-24(23-56-39(50)25-11-8-7-9-12-25)37(48)46-14-10-13-29(46)36(47)42-35-27-21-30(51-2)31(52-3)22-28(27)41-40(43-35)45-17-15-44(16-18-45)38(49)26-19-32(53-4)34(55-6)33(20-26)54-5/h7-9,11-12,19-22,24,29H,10,13-18,23H2,1-6H3,(H,41,42,43,47)/t24?,29-/m0/s1. The molecular formula is C40H46N6O9S. The van der Waals surface area contributed by atoms with Crippen LogP contribution in [0.25, 0.3) is 10.9 Å². The summed E-state index contributed by atoms with van der Waals surface area (Å²) in [4.78, 5) is 69.0. The summed E-state index contributed by atoms with van der Waals surface area (Å²) in [6.07, 6.45) is 1.14. The summed E-state index contributed by atoms with van der Waals surface area (Å²) in [5.74, 6) is 1.71. The molecular weight excluding hydrogens is 741 g/mol. The lowest BCUT2D eigenvalue weighted by molar-refractivity contribution is -0.139. The third kappa shape index (κ3) is 8.39. The number of rotatable bonds is 13. The van der Waals surface area contributed by atoms with Crippen molar-refractivity contribution in [2.24, 2.45) is 5.92 Å². The number of piperazine rings is 1. The lowest BCUT2D eigenvalue weighted by atomic mass is 10.1. The summed E-state index contributed by atoms with van der Waals surface area (Å²) in [7, 11) is 7.55. The number of fused-ring (bicyclic) bond motifs is 1. The number of methoxy groups -OCH3 is 5. The molecule has 2 saturated heterocycles. The molecule has 4 aromatic rings. The van der Waals surface area contributed by atoms with Crippen LogP contribution in [0.5, 0.6) is 28.7 Å². The smallest absolute Gasteiger partial charge is 0.254 e. The van der Waals surface area contributed by atoms with Crippen LogP contribution < -0.4 is 33.9 Å². The Kier molecular flexibility index (Phi) is 12.7. The predicted octanol–water partition coefficient (Wildman–Crippen LogP) is 4.77. The highest BCUT2D eigenvalue weighted by atomic mass is 32.2. The summed E-state index contributed by atoms with van der Waals surface area (Å²) in [6.45, 7) is 3.78. The van der Waals surface area contributed by atoms with E-state index >= 15 is 0 Å². The number of thioether (sulfide) groups is 1. The zero-order valence-corrected chi connectivity index (χ0v) is 33.1. The molecule has 0 aliphatic carbocycles. The van der Waals surface area contributed by atoms with E-state index in [2.05, 4.69) is 5.32 Å². The summed E-state index contributed by atoms with van der Waals surface area (Å²) in [5.41, 5.74) is 1.48. The normalized spacial score (nSPS) is 16.0. The molecule has 2 fully saturated rings. The number of carbonyl (C=O) groups excluding carboxylic acids is 4. The van der Waals surface area contributed by atoms with Gasteiger partial charge in [-0.05, 0) is 31.0 Å². The molecule has 0 saturated carbocycles. The van der Waals surface area contributed by atoms with Crippen molar-refractivity contribution in [3.05, 3.63) is 65.7 Å². The molecule has 3 heterocycles. The first-order valence-corrected chi connectivity index (χ1v) is 19.2. The predicted molar refractivity (Wildman–Crippen MR) is 213 cm³/mol. The maximum absolute atomic E-state index is 14.0. The van der Waals surface area contributed by atoms with Gasteiger partial charge in [0.25, 0.3) is 5.91 Å². The highest BCUT2D eigenvalue weighted by Crippen LogP contribution is 2.39. The van der Waals surface area contributed by atoms with Gasteiger partial charge < -0.3 is 43.7 Å². The zero-order chi connectivity index (χ0) is 39.9. The van der Waals surface area contributed by atoms with Crippen LogP contribution in [0, 0.1) is 5.92 Å². The van der Waals surface area contributed by atoms with Crippen molar-refractivity contribution in [2.45, 2.75) is 25.8 Å². The number of anilines is 2. The van der Waals surface area contributed by atoms with Gasteiger partial charge in [-0.15, -0.1) is 0 Å². The number of carbonyl (C=O) groups is 4. The molecule has 3 amide bonds. The minimum Gasteiger partial charge on any atom is -0.493 e. The Morgan fingerprint density at radius 3 is 2.05 bits per heavy atom. The molecule has 2 aliphatic heterocycles. The highest BCUT2D eigenvalue weighted by molar-refractivity contribution is 8.14. The molecule has 16 heteroatoms. The van der Waals surface area contributed by atoms with Crippen molar-refractivity contribution >= 4 is 57.3 Å². The summed E-state index contributed by atoms with van der Waals surface area (Å²) in [6, 6.07) is 14.9. The van der Waals surface area contributed by atoms with Crippen LogP contribution in [0.1, 0.15) is 40.5 Å². The zero-order valence-electron chi connectivity index (χ0n) is 32.3. The fourth-order valence-electron chi connectivity index (χ4n) is 6.89. The summed E-state index contributed by atoms with van der Waals surface area (Å²) in [5, 5.41) is 3.42. The number of hydrogen-bond donors (Lipinski definition) is 1. The van der Waals surface area contributed by atoms with Crippen molar-refractivity contribution < 1.29 is 42.9 Å². The van der Waals surface area contributed by atoms with Gasteiger partial charge >= 0.3 is 0 Å². The van der Waals surface area contributed by atoms with Gasteiger partial charge in [0.2, 0.25) is 28.6 Å². The van der Waals surface area contributed by atoms with E-state index in [0.717, 1.165) is 11.8 Å². The SMILES string of the molecule is COc1cc2nc(N3CCN(C(=O)c4cc(OC)c(OC)c(OC)c4)CC3)nc(NC(=O)[C@@H]3CCCN3C(=O)C(C)CSC(=O)c3ccccc3)c2cc1OC. The largest absolute Gasteiger partial charge is 0.493 e. The number of aromatic nitrogens is 2. The monoisotopic (exact) mass is 786 g/mol. The molecule has 1 aromatic heterocycles. The van der Waals surface area contributed by atoms with Crippen LogP contribution in [-0.2, 0) is 9.59 Å². The maximum Gasteiger partial charge on any atom is 0.254 e. The van der Waals surface area contributed by atoms with Crippen LogP contribution in [0.15, 0.2) is 54.6 Å². The number of benzene rings is 3. The minimum absolute atomic E-state index is 0.106. The van der Waals surface area contributed by atoms with E-state index in [-0.39, 0.29) is 28.7 Å². The number of ether oxygens (including phenoxy) is 5. The molecule has 6 rings (SSSR count). The second-order valence-corrected chi connectivity index (χ2v) is 14.3. The van der Waals surface area contributed by atoms with E-state index in [9.17, 15) is 19.2 Å². The third-order valence-electron chi connectivity index (χ3n) is 9.93. The molecule has 1 unspecified atom stereocenters. The molecule has 1 N–H and O–H groups in total. The van der Waals surface area contributed by atoms with Crippen LogP contribution in [0.3, 0.4) is 0 Å². The Hall–Kier alpha value is -5.77. The van der Waals surface area contributed by atoms with Gasteiger partial charge in [0.15, 0.2) is 23.0 Å². The van der Waals surface area contributed by atoms with Crippen molar-refractivity contribution in [3.63, 3.8) is 0 Å². The maximum atomic E-state index is 14.0. The minimum atomic E-state index is -0.724. The van der Waals surface area contributed by atoms with Gasteiger partial charge in [-0.2, -0.15) is 4.98 Å². The molecule has 296 valence electrons. The average Bonchev–Trinajstić information content (AvgIpc) is 3.74. The Labute approximate surface area is 329 Å². The van der Waals surface area contributed by atoms with Gasteiger partial charge in [0.1, 0.15) is 11.9 Å². The van der Waals surface area contributed by atoms with Gasteiger partial charge in [0, 0.05) is 67.0 Å². The van der Waals surface area contributed by atoms with Gasteiger partial charge in [-0.25, -0.2) is 4.98 Å². The van der Waals surface area contributed by atoms with Crippen molar-refractivity contribution in [2.75, 3.05) is 84.2 Å². The second kappa shape index (κ2) is 17.8. The molecule has 15 nitrogen and oxygen atoms in total. The van der Waals surface area contributed by atoms with Crippen LogP contribution in [-0.4, -0.2) is 123 Å². The molecule has 2 aliphatic rings. The molecule has 0 spiro atoms. The highest BCUT2D eigenvalue weighted by Gasteiger charge is 2.37. The van der Waals surface area contributed by atoms with E-state index in [4.69, 9.17) is 33.7 Å². The Bertz CT molecular complexity index is 2070. The summed E-state index contributed by atoms with van der Waals surface area (Å²) >= 11 is 1.10. The van der Waals surface area contributed by atoms with Crippen LogP contribution >= 0.6 is 11.8 Å². The van der Waals surface area contributed by atoms with E-state index in [0.29, 0.717) is 108 Å². The lowest BCUT2D eigenvalue weighted by Gasteiger charge is -2.35. The van der Waals surface area contributed by atoms with Crippen molar-refractivity contribution in [3.8, 4) is 28.7 Å². The first-order chi connectivity index (χ1) is 27.1. The van der Waals surface area contributed by atoms with Crippen LogP contribution in [0.2, 0.25) is 0 Å². The van der Waals surface area contributed by atoms with Crippen molar-refractivity contribution in [1.82, 2.24) is 19.8 Å². The number of nitrogens with zero attached hydrogens (tertiary/aromatic N) is 5. The van der Waals surface area contributed by atoms with E-state index in [1.165, 1.54) is 35.5 Å². The van der Waals surface area contributed by atoms with Gasteiger partial charge in [-0.1, -0.05) is 49.0 Å². The average molecular weight is 787 g/mol.